The summed E-state index contributed by atoms with van der Waals surface area (Å²) in [6.07, 6.45) is 0. The number of rotatable bonds is 1. The van der Waals surface area contributed by atoms with E-state index in [1.165, 1.54) is 5.56 Å². The van der Waals surface area contributed by atoms with Crippen molar-refractivity contribution in [2.24, 2.45) is 0 Å². The molecule has 1 aliphatic heterocycles. The van der Waals surface area contributed by atoms with E-state index < -0.39 is 0 Å². The van der Waals surface area contributed by atoms with Gasteiger partial charge in [0, 0.05) is 30.7 Å². The fourth-order valence-corrected chi connectivity index (χ4v) is 2.16. The molecule has 0 unspecified atom stereocenters. The second kappa shape index (κ2) is 4.30. The molecule has 0 radical (unpaired) electrons. The normalized spacial score (nSPS) is 23.7. The van der Waals surface area contributed by atoms with Crippen LogP contribution in [0, 0.1) is 0 Å². The van der Waals surface area contributed by atoms with Crippen LogP contribution in [-0.2, 0) is 0 Å². The van der Waals surface area contributed by atoms with Gasteiger partial charge in [0.15, 0.2) is 0 Å². The Hall–Kier alpha value is -0.570. The standard InChI is InChI=1S/C11H15ClN2/c1-14-7-6-13-8-11(14)9-4-2-3-5-10(9)12/h2-5,11,13H,6-8H2,1H3/t11-/m1/s1. The lowest BCUT2D eigenvalue weighted by Gasteiger charge is -2.33. The highest BCUT2D eigenvalue weighted by molar-refractivity contribution is 6.31. The molecule has 1 aromatic carbocycles. The first-order valence-corrected chi connectivity index (χ1v) is 5.32. The molecule has 1 fully saturated rings. The molecule has 2 nitrogen and oxygen atoms in total. The molecule has 2 rings (SSSR count). The number of benzene rings is 1. The predicted molar refractivity (Wildman–Crippen MR) is 59.7 cm³/mol. The molecule has 0 aromatic heterocycles. The first-order valence-electron chi connectivity index (χ1n) is 4.94. The van der Waals surface area contributed by atoms with Crippen LogP contribution in [0.15, 0.2) is 24.3 Å². The lowest BCUT2D eigenvalue weighted by atomic mass is 10.0. The largest absolute Gasteiger partial charge is 0.314 e. The van der Waals surface area contributed by atoms with E-state index in [1.807, 2.05) is 18.2 Å². The molecule has 3 heteroatoms. The van der Waals surface area contributed by atoms with Crippen molar-refractivity contribution in [3.05, 3.63) is 34.9 Å². The van der Waals surface area contributed by atoms with Crippen LogP contribution < -0.4 is 5.32 Å². The number of nitrogens with one attached hydrogen (secondary N) is 1. The zero-order valence-corrected chi connectivity index (χ0v) is 9.09. The Kier molecular flexibility index (Phi) is 3.06. The van der Waals surface area contributed by atoms with Gasteiger partial charge in [-0.25, -0.2) is 0 Å². The molecular formula is C11H15ClN2. The van der Waals surface area contributed by atoms with Gasteiger partial charge in [0.05, 0.1) is 0 Å². The second-order valence-electron chi connectivity index (χ2n) is 3.72. The number of likely N-dealkylation sites (N-methyl/N-ethyl adjacent to an activating group) is 1. The van der Waals surface area contributed by atoms with Gasteiger partial charge >= 0.3 is 0 Å². The molecule has 1 atom stereocenters. The van der Waals surface area contributed by atoms with Gasteiger partial charge in [-0.1, -0.05) is 29.8 Å². The minimum absolute atomic E-state index is 0.414. The molecule has 1 saturated heterocycles. The average molecular weight is 211 g/mol. The fourth-order valence-electron chi connectivity index (χ4n) is 1.90. The molecular weight excluding hydrogens is 196 g/mol. The Labute approximate surface area is 89.9 Å². The summed E-state index contributed by atoms with van der Waals surface area (Å²) in [6.45, 7) is 3.13. The van der Waals surface area contributed by atoms with Gasteiger partial charge in [0.2, 0.25) is 0 Å². The van der Waals surface area contributed by atoms with Crippen LogP contribution in [-0.4, -0.2) is 31.6 Å². The SMILES string of the molecule is CN1CCNC[C@@H]1c1ccccc1Cl. The molecule has 0 amide bonds. The van der Waals surface area contributed by atoms with Gasteiger partial charge in [0.1, 0.15) is 0 Å². The Balaban J connectivity index is 2.25. The number of halogens is 1. The number of hydrogen-bond donors (Lipinski definition) is 1. The zero-order valence-electron chi connectivity index (χ0n) is 8.33. The van der Waals surface area contributed by atoms with Crippen molar-refractivity contribution < 1.29 is 0 Å². The third kappa shape index (κ3) is 1.92. The van der Waals surface area contributed by atoms with E-state index >= 15 is 0 Å². The van der Waals surface area contributed by atoms with Crippen molar-refractivity contribution >= 4 is 11.6 Å². The maximum atomic E-state index is 6.17. The minimum atomic E-state index is 0.414. The molecule has 1 aromatic rings. The summed E-state index contributed by atoms with van der Waals surface area (Å²) in [7, 11) is 2.15. The average Bonchev–Trinajstić information content (AvgIpc) is 2.20. The number of nitrogens with zero attached hydrogens (tertiary/aromatic N) is 1. The van der Waals surface area contributed by atoms with Crippen LogP contribution in [0.4, 0.5) is 0 Å². The minimum Gasteiger partial charge on any atom is -0.314 e. The van der Waals surface area contributed by atoms with Gasteiger partial charge in [-0.3, -0.25) is 4.90 Å². The maximum Gasteiger partial charge on any atom is 0.0484 e. The third-order valence-electron chi connectivity index (χ3n) is 2.78. The maximum absolute atomic E-state index is 6.17. The first kappa shape index (κ1) is 9.97. The van der Waals surface area contributed by atoms with E-state index in [1.54, 1.807) is 0 Å². The highest BCUT2D eigenvalue weighted by atomic mass is 35.5. The molecule has 1 aliphatic rings. The predicted octanol–water partition coefficient (Wildman–Crippen LogP) is 1.92. The van der Waals surface area contributed by atoms with Crippen molar-refractivity contribution in [1.82, 2.24) is 10.2 Å². The highest BCUT2D eigenvalue weighted by Crippen LogP contribution is 2.26. The van der Waals surface area contributed by atoms with Crippen LogP contribution in [0.2, 0.25) is 5.02 Å². The fraction of sp³-hybridized carbons (Fsp3) is 0.455. The Bertz CT molecular complexity index is 314. The van der Waals surface area contributed by atoms with Crippen LogP contribution in [0.1, 0.15) is 11.6 Å². The summed E-state index contributed by atoms with van der Waals surface area (Å²) in [5, 5.41) is 4.26. The molecule has 1 N–H and O–H groups in total. The molecule has 0 bridgehead atoms. The van der Waals surface area contributed by atoms with Gasteiger partial charge in [-0.2, -0.15) is 0 Å². The smallest absolute Gasteiger partial charge is 0.0484 e. The van der Waals surface area contributed by atoms with Crippen LogP contribution in [0.3, 0.4) is 0 Å². The van der Waals surface area contributed by atoms with Crippen molar-refractivity contribution in [3.63, 3.8) is 0 Å². The van der Waals surface area contributed by atoms with Crippen molar-refractivity contribution in [2.45, 2.75) is 6.04 Å². The van der Waals surface area contributed by atoms with E-state index in [0.717, 1.165) is 24.7 Å². The monoisotopic (exact) mass is 210 g/mol. The van der Waals surface area contributed by atoms with E-state index in [2.05, 4.69) is 23.3 Å². The van der Waals surface area contributed by atoms with Crippen LogP contribution >= 0.6 is 11.6 Å². The lowest BCUT2D eigenvalue weighted by Crippen LogP contribution is -2.43. The second-order valence-corrected chi connectivity index (χ2v) is 4.13. The van der Waals surface area contributed by atoms with Gasteiger partial charge in [0.25, 0.3) is 0 Å². The zero-order chi connectivity index (χ0) is 9.97. The van der Waals surface area contributed by atoms with Gasteiger partial charge in [-0.15, -0.1) is 0 Å². The van der Waals surface area contributed by atoms with Crippen molar-refractivity contribution in [1.29, 1.82) is 0 Å². The van der Waals surface area contributed by atoms with E-state index in [0.29, 0.717) is 6.04 Å². The molecule has 14 heavy (non-hydrogen) atoms. The Morgan fingerprint density at radius 2 is 2.21 bits per heavy atom. The van der Waals surface area contributed by atoms with Crippen molar-refractivity contribution in [3.8, 4) is 0 Å². The third-order valence-corrected chi connectivity index (χ3v) is 3.12. The summed E-state index contributed by atoms with van der Waals surface area (Å²) < 4.78 is 0. The summed E-state index contributed by atoms with van der Waals surface area (Å²) in [5.74, 6) is 0. The van der Waals surface area contributed by atoms with E-state index in [4.69, 9.17) is 11.6 Å². The van der Waals surface area contributed by atoms with Crippen LogP contribution in [0.25, 0.3) is 0 Å². The first-order chi connectivity index (χ1) is 6.79. The molecule has 0 aliphatic carbocycles. The molecule has 0 saturated carbocycles. The molecule has 1 heterocycles. The van der Waals surface area contributed by atoms with E-state index in [9.17, 15) is 0 Å². The topological polar surface area (TPSA) is 15.3 Å². The summed E-state index contributed by atoms with van der Waals surface area (Å²) in [5.41, 5.74) is 1.23. The van der Waals surface area contributed by atoms with Crippen LogP contribution in [0.5, 0.6) is 0 Å². The van der Waals surface area contributed by atoms with Gasteiger partial charge < -0.3 is 5.32 Å². The van der Waals surface area contributed by atoms with Crippen molar-refractivity contribution in [2.75, 3.05) is 26.7 Å². The lowest BCUT2D eigenvalue weighted by molar-refractivity contribution is 0.202. The molecule has 76 valence electrons. The quantitative estimate of drug-likeness (QED) is 0.762. The summed E-state index contributed by atoms with van der Waals surface area (Å²) in [4.78, 5) is 2.34. The number of piperazine rings is 1. The Morgan fingerprint density at radius 3 is 2.93 bits per heavy atom. The van der Waals surface area contributed by atoms with Gasteiger partial charge in [-0.05, 0) is 18.7 Å². The number of hydrogen-bond acceptors (Lipinski definition) is 2. The highest BCUT2D eigenvalue weighted by Gasteiger charge is 2.21. The van der Waals surface area contributed by atoms with E-state index in [-0.39, 0.29) is 0 Å². The summed E-state index contributed by atoms with van der Waals surface area (Å²) in [6, 6.07) is 8.50. The molecule has 0 spiro atoms. The summed E-state index contributed by atoms with van der Waals surface area (Å²) >= 11 is 6.17. The Morgan fingerprint density at radius 1 is 1.43 bits per heavy atom.